The lowest BCUT2D eigenvalue weighted by molar-refractivity contribution is 0.0694. The minimum Gasteiger partial charge on any atom is -0.355 e. The molecule has 7 heteroatoms. The summed E-state index contributed by atoms with van der Waals surface area (Å²) < 4.78 is 5.34. The Kier molecular flexibility index (Phi) is 6.22. The van der Waals surface area contributed by atoms with E-state index in [1.807, 2.05) is 17.0 Å². The average molecular weight is 396 g/mol. The van der Waals surface area contributed by atoms with Gasteiger partial charge in [0.2, 0.25) is 0 Å². The maximum atomic E-state index is 12.7. The van der Waals surface area contributed by atoms with Crippen LogP contribution < -0.4 is 5.32 Å². The van der Waals surface area contributed by atoms with Crippen LogP contribution in [0.4, 0.5) is 0 Å². The molecule has 0 atom stereocenters. The van der Waals surface area contributed by atoms with Gasteiger partial charge in [-0.05, 0) is 50.3 Å². The summed E-state index contributed by atoms with van der Waals surface area (Å²) in [5.74, 6) is 1.39. The van der Waals surface area contributed by atoms with Crippen LogP contribution in [0.2, 0.25) is 5.02 Å². The average Bonchev–Trinajstić information content (AvgIpc) is 3.33. The summed E-state index contributed by atoms with van der Waals surface area (Å²) in [6, 6.07) is 9.57. The molecule has 0 radical (unpaired) electrons. The van der Waals surface area contributed by atoms with E-state index in [-0.39, 0.29) is 18.3 Å². The molecule has 1 aliphatic heterocycles. The van der Waals surface area contributed by atoms with Crippen molar-refractivity contribution in [1.82, 2.24) is 15.4 Å². The Labute approximate surface area is 164 Å². The molecule has 26 heavy (non-hydrogen) atoms. The number of hydrogen-bond donors (Lipinski definition) is 1. The number of amides is 1. The molecular formula is C19H23Cl2N3O2. The number of hydrogen-bond acceptors (Lipinski definition) is 4. The molecule has 0 spiro atoms. The van der Waals surface area contributed by atoms with Gasteiger partial charge in [-0.15, -0.1) is 12.4 Å². The van der Waals surface area contributed by atoms with Crippen molar-refractivity contribution < 1.29 is 9.32 Å². The van der Waals surface area contributed by atoms with E-state index >= 15 is 0 Å². The van der Waals surface area contributed by atoms with Gasteiger partial charge in [0.05, 0.1) is 0 Å². The van der Waals surface area contributed by atoms with Crippen LogP contribution >= 0.6 is 24.0 Å². The summed E-state index contributed by atoms with van der Waals surface area (Å²) >= 11 is 6.01. The third kappa shape index (κ3) is 4.58. The van der Waals surface area contributed by atoms with Crippen molar-refractivity contribution in [3.8, 4) is 11.3 Å². The van der Waals surface area contributed by atoms with Crippen molar-refractivity contribution in [2.75, 3.05) is 19.6 Å². The summed E-state index contributed by atoms with van der Waals surface area (Å²) in [6.45, 7) is 2.66. The Morgan fingerprint density at radius 2 is 2.00 bits per heavy atom. The second-order valence-corrected chi connectivity index (χ2v) is 7.44. The lowest BCUT2D eigenvalue weighted by atomic mass is 10.0. The van der Waals surface area contributed by atoms with Crippen molar-refractivity contribution in [3.05, 3.63) is 41.0 Å². The number of nitrogens with one attached hydrogen (secondary N) is 1. The molecule has 2 aromatic rings. The van der Waals surface area contributed by atoms with Crippen molar-refractivity contribution in [2.24, 2.45) is 5.92 Å². The van der Waals surface area contributed by atoms with E-state index in [1.54, 1.807) is 18.2 Å². The van der Waals surface area contributed by atoms with Gasteiger partial charge in [-0.25, -0.2) is 0 Å². The van der Waals surface area contributed by atoms with Gasteiger partial charge in [-0.2, -0.15) is 0 Å². The Hall–Kier alpha value is -1.56. The van der Waals surface area contributed by atoms with Crippen LogP contribution in [0.5, 0.6) is 0 Å². The molecule has 2 heterocycles. The van der Waals surface area contributed by atoms with Crippen molar-refractivity contribution in [2.45, 2.75) is 31.7 Å². The largest absolute Gasteiger partial charge is 0.355 e. The van der Waals surface area contributed by atoms with Gasteiger partial charge in [-0.1, -0.05) is 28.9 Å². The van der Waals surface area contributed by atoms with Crippen LogP contribution in [0.3, 0.4) is 0 Å². The number of carbonyl (C=O) groups is 1. The van der Waals surface area contributed by atoms with E-state index in [1.165, 1.54) is 12.8 Å². The van der Waals surface area contributed by atoms with Gasteiger partial charge < -0.3 is 14.7 Å². The van der Waals surface area contributed by atoms with Crippen LogP contribution in [0.1, 0.15) is 36.2 Å². The first-order valence-corrected chi connectivity index (χ1v) is 9.32. The molecule has 1 saturated heterocycles. The molecule has 1 N–H and O–H groups in total. The molecule has 1 amide bonds. The number of piperidine rings is 1. The quantitative estimate of drug-likeness (QED) is 0.830. The molecule has 0 bridgehead atoms. The molecule has 1 aliphatic carbocycles. The third-order valence-electron chi connectivity index (χ3n) is 5.01. The summed E-state index contributed by atoms with van der Waals surface area (Å²) in [4.78, 5) is 14.5. The lowest BCUT2D eigenvalue weighted by Gasteiger charge is -2.32. The molecule has 4 rings (SSSR count). The zero-order valence-corrected chi connectivity index (χ0v) is 16.1. The van der Waals surface area contributed by atoms with Crippen molar-refractivity contribution in [3.63, 3.8) is 0 Å². The molecule has 1 saturated carbocycles. The number of carbonyl (C=O) groups excluding carboxylic acids is 1. The van der Waals surface area contributed by atoms with Gasteiger partial charge in [0.15, 0.2) is 11.5 Å². The number of benzene rings is 1. The Morgan fingerprint density at radius 3 is 2.69 bits per heavy atom. The van der Waals surface area contributed by atoms with Crippen LogP contribution in [0.25, 0.3) is 11.3 Å². The van der Waals surface area contributed by atoms with Gasteiger partial charge in [0.1, 0.15) is 0 Å². The van der Waals surface area contributed by atoms with E-state index in [4.69, 9.17) is 16.1 Å². The zero-order valence-electron chi connectivity index (χ0n) is 14.5. The Bertz CT molecular complexity index is 753. The highest BCUT2D eigenvalue weighted by molar-refractivity contribution is 6.30. The fourth-order valence-electron chi connectivity index (χ4n) is 3.26. The van der Waals surface area contributed by atoms with Crippen LogP contribution in [-0.4, -0.2) is 41.6 Å². The first-order chi connectivity index (χ1) is 12.2. The second-order valence-electron chi connectivity index (χ2n) is 7.00. The minimum absolute atomic E-state index is 0. The number of halogens is 2. The van der Waals surface area contributed by atoms with Crippen molar-refractivity contribution in [1.29, 1.82) is 0 Å². The normalized spacial score (nSPS) is 17.8. The van der Waals surface area contributed by atoms with Crippen LogP contribution in [0, 0.1) is 5.92 Å². The maximum absolute atomic E-state index is 12.7. The fraction of sp³-hybridized carbons (Fsp3) is 0.474. The Balaban J connectivity index is 0.00000196. The first kappa shape index (κ1) is 19.2. The smallest absolute Gasteiger partial charge is 0.276 e. The molecule has 140 valence electrons. The highest BCUT2D eigenvalue weighted by Gasteiger charge is 2.27. The number of nitrogens with zero attached hydrogens (tertiary/aromatic N) is 2. The summed E-state index contributed by atoms with van der Waals surface area (Å²) in [7, 11) is 0. The topological polar surface area (TPSA) is 58.4 Å². The van der Waals surface area contributed by atoms with Gasteiger partial charge >= 0.3 is 0 Å². The maximum Gasteiger partial charge on any atom is 0.276 e. The van der Waals surface area contributed by atoms with E-state index in [0.717, 1.165) is 44.0 Å². The highest BCUT2D eigenvalue weighted by atomic mass is 35.5. The third-order valence-corrected chi connectivity index (χ3v) is 5.25. The van der Waals surface area contributed by atoms with Crippen LogP contribution in [0.15, 0.2) is 34.9 Å². The molecule has 5 nitrogen and oxygen atoms in total. The van der Waals surface area contributed by atoms with Gasteiger partial charge in [0, 0.05) is 35.8 Å². The number of likely N-dealkylation sites (tertiary alicyclic amines) is 1. The first-order valence-electron chi connectivity index (χ1n) is 8.94. The summed E-state index contributed by atoms with van der Waals surface area (Å²) in [5.41, 5.74) is 1.18. The lowest BCUT2D eigenvalue weighted by Crippen LogP contribution is -2.45. The van der Waals surface area contributed by atoms with Gasteiger partial charge in [-0.3, -0.25) is 4.79 Å². The molecule has 1 aromatic carbocycles. The molecule has 2 fully saturated rings. The standard InChI is InChI=1S/C19H22ClN3O2.ClH/c20-15-3-1-2-14(10-15)18-11-17(22-25-18)19(24)23-8-6-16(7-9-23)21-12-13-4-5-13;/h1-3,10-11,13,16,21H,4-9,12H2;1H. The number of rotatable bonds is 5. The van der Waals surface area contributed by atoms with Gasteiger partial charge in [0.25, 0.3) is 5.91 Å². The SMILES string of the molecule is Cl.O=C(c1cc(-c2cccc(Cl)c2)on1)N1CCC(NCC2CC2)CC1. The number of aromatic nitrogens is 1. The fourth-order valence-corrected chi connectivity index (χ4v) is 3.45. The summed E-state index contributed by atoms with van der Waals surface area (Å²) in [5, 5.41) is 8.22. The highest BCUT2D eigenvalue weighted by Crippen LogP contribution is 2.28. The van der Waals surface area contributed by atoms with E-state index in [2.05, 4.69) is 10.5 Å². The summed E-state index contributed by atoms with van der Waals surface area (Å²) in [6.07, 6.45) is 4.73. The molecular weight excluding hydrogens is 373 g/mol. The molecule has 1 aromatic heterocycles. The Morgan fingerprint density at radius 1 is 1.23 bits per heavy atom. The molecule has 2 aliphatic rings. The monoisotopic (exact) mass is 395 g/mol. The van der Waals surface area contributed by atoms with Crippen LogP contribution in [-0.2, 0) is 0 Å². The predicted octanol–water partition coefficient (Wildman–Crippen LogP) is 4.02. The zero-order chi connectivity index (χ0) is 17.2. The predicted molar refractivity (Wildman–Crippen MR) is 104 cm³/mol. The second kappa shape index (κ2) is 8.42. The molecule has 0 unspecified atom stereocenters. The van der Waals surface area contributed by atoms with E-state index in [0.29, 0.717) is 22.5 Å². The van der Waals surface area contributed by atoms with Crippen molar-refractivity contribution >= 4 is 29.9 Å². The minimum atomic E-state index is -0.0577. The van der Waals surface area contributed by atoms with E-state index in [9.17, 15) is 4.79 Å². The van der Waals surface area contributed by atoms with E-state index < -0.39 is 0 Å².